The highest BCUT2D eigenvalue weighted by atomic mass is 16.2. The summed E-state index contributed by atoms with van der Waals surface area (Å²) in [5.74, 6) is 0.650. The second-order valence-corrected chi connectivity index (χ2v) is 7.76. The van der Waals surface area contributed by atoms with Gasteiger partial charge in [0.2, 0.25) is 11.8 Å². The number of carbonyl (C=O) groups is 2. The number of rotatable bonds is 4. The van der Waals surface area contributed by atoms with Crippen LogP contribution in [0.5, 0.6) is 0 Å². The Bertz CT molecular complexity index is 432. The first kappa shape index (κ1) is 16.7. The molecule has 0 bridgehead atoms. The molecule has 0 aromatic heterocycles. The topological polar surface area (TPSA) is 52.7 Å². The van der Waals surface area contributed by atoms with Crippen LogP contribution in [0, 0.1) is 5.92 Å². The lowest BCUT2D eigenvalue weighted by Gasteiger charge is -2.41. The fourth-order valence-corrected chi connectivity index (χ4v) is 4.09. The van der Waals surface area contributed by atoms with E-state index in [1.165, 1.54) is 6.42 Å². The Kier molecular flexibility index (Phi) is 5.24. The molecule has 3 aliphatic rings. The third-order valence-corrected chi connectivity index (χ3v) is 5.72. The van der Waals surface area contributed by atoms with Gasteiger partial charge in [-0.15, -0.1) is 0 Å². The Balaban J connectivity index is 1.44. The maximum absolute atomic E-state index is 12.7. The Morgan fingerprint density at radius 3 is 2.13 bits per heavy atom. The molecular weight excluding hydrogens is 290 g/mol. The van der Waals surface area contributed by atoms with E-state index in [2.05, 4.69) is 29.0 Å². The molecule has 1 saturated carbocycles. The Hall–Kier alpha value is -1.10. The number of carbonyl (C=O) groups excluding carboxylic acids is 2. The van der Waals surface area contributed by atoms with Gasteiger partial charge < -0.3 is 10.2 Å². The van der Waals surface area contributed by atoms with Crippen LogP contribution >= 0.6 is 0 Å². The maximum atomic E-state index is 12.7. The van der Waals surface area contributed by atoms with E-state index >= 15 is 0 Å². The second kappa shape index (κ2) is 7.20. The van der Waals surface area contributed by atoms with E-state index in [-0.39, 0.29) is 17.7 Å². The predicted octanol–water partition coefficient (Wildman–Crippen LogP) is 1.77. The average molecular weight is 321 g/mol. The first-order chi connectivity index (χ1) is 11.0. The highest BCUT2D eigenvalue weighted by molar-refractivity contribution is 5.80. The van der Waals surface area contributed by atoms with E-state index < -0.39 is 0 Å². The van der Waals surface area contributed by atoms with Crippen molar-refractivity contribution < 1.29 is 9.59 Å². The zero-order valence-corrected chi connectivity index (χ0v) is 14.6. The van der Waals surface area contributed by atoms with E-state index in [0.717, 1.165) is 51.6 Å². The van der Waals surface area contributed by atoms with Crippen LogP contribution in [-0.2, 0) is 9.59 Å². The Morgan fingerprint density at radius 1 is 0.957 bits per heavy atom. The van der Waals surface area contributed by atoms with E-state index in [9.17, 15) is 9.59 Å². The molecule has 2 amide bonds. The minimum Gasteiger partial charge on any atom is -0.353 e. The molecule has 3 fully saturated rings. The van der Waals surface area contributed by atoms with Gasteiger partial charge in [0.1, 0.15) is 0 Å². The summed E-state index contributed by atoms with van der Waals surface area (Å²) in [6.45, 7) is 6.59. The number of hydrogen-bond acceptors (Lipinski definition) is 3. The van der Waals surface area contributed by atoms with Crippen molar-refractivity contribution in [3.05, 3.63) is 0 Å². The van der Waals surface area contributed by atoms with Crippen LogP contribution in [0.25, 0.3) is 0 Å². The molecule has 1 N–H and O–H groups in total. The summed E-state index contributed by atoms with van der Waals surface area (Å²) < 4.78 is 0. The van der Waals surface area contributed by atoms with Crippen molar-refractivity contribution in [2.45, 2.75) is 76.9 Å². The van der Waals surface area contributed by atoms with Gasteiger partial charge in [-0.05, 0) is 71.9 Å². The van der Waals surface area contributed by atoms with Gasteiger partial charge in [0, 0.05) is 24.0 Å². The molecule has 0 spiro atoms. The summed E-state index contributed by atoms with van der Waals surface area (Å²) >= 11 is 0. The SMILES string of the molecule is C[C@@H]1CCC[C@H](C)N1C(=O)CN1CCC(C(=O)NC2CC2)CC1. The quantitative estimate of drug-likeness (QED) is 0.858. The highest BCUT2D eigenvalue weighted by Gasteiger charge is 2.33. The lowest BCUT2D eigenvalue weighted by molar-refractivity contribution is -0.139. The van der Waals surface area contributed by atoms with Gasteiger partial charge >= 0.3 is 0 Å². The predicted molar refractivity (Wildman–Crippen MR) is 89.9 cm³/mol. The van der Waals surface area contributed by atoms with Gasteiger partial charge in [0.25, 0.3) is 0 Å². The van der Waals surface area contributed by atoms with Crippen LogP contribution < -0.4 is 5.32 Å². The lowest BCUT2D eigenvalue weighted by Crippen LogP contribution is -2.52. The van der Waals surface area contributed by atoms with Crippen molar-refractivity contribution in [2.75, 3.05) is 19.6 Å². The maximum Gasteiger partial charge on any atom is 0.237 e. The molecule has 1 aliphatic carbocycles. The first-order valence-corrected chi connectivity index (χ1v) is 9.38. The fourth-order valence-electron chi connectivity index (χ4n) is 4.09. The van der Waals surface area contributed by atoms with Crippen molar-refractivity contribution in [3.8, 4) is 0 Å². The largest absolute Gasteiger partial charge is 0.353 e. The standard InChI is InChI=1S/C18H31N3O2/c1-13-4-3-5-14(2)21(13)17(22)12-20-10-8-15(9-11-20)18(23)19-16-6-7-16/h13-16H,3-12H2,1-2H3,(H,19,23)/t13-,14+. The molecule has 130 valence electrons. The zero-order chi connectivity index (χ0) is 16.4. The Morgan fingerprint density at radius 2 is 1.57 bits per heavy atom. The van der Waals surface area contributed by atoms with Crippen molar-refractivity contribution in [3.63, 3.8) is 0 Å². The molecule has 0 radical (unpaired) electrons. The second-order valence-electron chi connectivity index (χ2n) is 7.76. The average Bonchev–Trinajstić information content (AvgIpc) is 3.31. The van der Waals surface area contributed by atoms with Crippen LogP contribution in [0.15, 0.2) is 0 Å². The number of nitrogens with zero attached hydrogens (tertiary/aromatic N) is 2. The molecule has 2 heterocycles. The van der Waals surface area contributed by atoms with Crippen molar-refractivity contribution in [1.82, 2.24) is 15.1 Å². The minimum atomic E-state index is 0.148. The fraction of sp³-hybridized carbons (Fsp3) is 0.889. The van der Waals surface area contributed by atoms with E-state index in [1.54, 1.807) is 0 Å². The van der Waals surface area contributed by atoms with Gasteiger partial charge in [-0.3, -0.25) is 14.5 Å². The number of amides is 2. The molecule has 0 unspecified atom stereocenters. The van der Waals surface area contributed by atoms with Crippen LogP contribution in [0.3, 0.4) is 0 Å². The third-order valence-electron chi connectivity index (χ3n) is 5.72. The van der Waals surface area contributed by atoms with Gasteiger partial charge in [-0.2, -0.15) is 0 Å². The first-order valence-electron chi connectivity index (χ1n) is 9.38. The molecule has 0 aromatic carbocycles. The van der Waals surface area contributed by atoms with Gasteiger partial charge in [-0.25, -0.2) is 0 Å². The lowest BCUT2D eigenvalue weighted by atomic mass is 9.95. The number of piperidine rings is 2. The molecule has 23 heavy (non-hydrogen) atoms. The van der Waals surface area contributed by atoms with Crippen LogP contribution in [0.2, 0.25) is 0 Å². The smallest absolute Gasteiger partial charge is 0.237 e. The summed E-state index contributed by atoms with van der Waals surface area (Å²) in [4.78, 5) is 29.1. The van der Waals surface area contributed by atoms with E-state index in [1.807, 2.05) is 0 Å². The number of nitrogens with one attached hydrogen (secondary N) is 1. The zero-order valence-electron chi connectivity index (χ0n) is 14.6. The molecular formula is C18H31N3O2. The van der Waals surface area contributed by atoms with Crippen molar-refractivity contribution in [2.24, 2.45) is 5.92 Å². The number of likely N-dealkylation sites (tertiary alicyclic amines) is 2. The van der Waals surface area contributed by atoms with Gasteiger partial charge in [0.05, 0.1) is 6.54 Å². The normalized spacial score (nSPS) is 30.3. The van der Waals surface area contributed by atoms with Crippen LogP contribution in [0.4, 0.5) is 0 Å². The molecule has 2 aliphatic heterocycles. The highest BCUT2D eigenvalue weighted by Crippen LogP contribution is 2.25. The minimum absolute atomic E-state index is 0.148. The Labute approximate surface area is 139 Å². The monoisotopic (exact) mass is 321 g/mol. The van der Waals surface area contributed by atoms with Crippen LogP contribution in [0.1, 0.15) is 58.8 Å². The van der Waals surface area contributed by atoms with Crippen molar-refractivity contribution in [1.29, 1.82) is 0 Å². The summed E-state index contributed by atoms with van der Waals surface area (Å²) in [6.07, 6.45) is 7.54. The van der Waals surface area contributed by atoms with E-state index in [0.29, 0.717) is 24.7 Å². The number of hydrogen-bond donors (Lipinski definition) is 1. The van der Waals surface area contributed by atoms with Gasteiger partial charge in [-0.1, -0.05) is 0 Å². The van der Waals surface area contributed by atoms with E-state index in [4.69, 9.17) is 0 Å². The summed E-state index contributed by atoms with van der Waals surface area (Å²) in [7, 11) is 0. The molecule has 5 heteroatoms. The summed E-state index contributed by atoms with van der Waals surface area (Å²) in [6, 6.07) is 1.19. The third kappa shape index (κ3) is 4.25. The summed E-state index contributed by atoms with van der Waals surface area (Å²) in [5, 5.41) is 3.11. The van der Waals surface area contributed by atoms with Gasteiger partial charge in [0.15, 0.2) is 0 Å². The molecule has 2 saturated heterocycles. The van der Waals surface area contributed by atoms with Crippen molar-refractivity contribution >= 4 is 11.8 Å². The molecule has 0 aromatic rings. The molecule has 2 atom stereocenters. The molecule has 5 nitrogen and oxygen atoms in total. The molecule has 3 rings (SSSR count). The van der Waals surface area contributed by atoms with Crippen LogP contribution in [-0.4, -0.2) is 59.4 Å². The summed E-state index contributed by atoms with van der Waals surface area (Å²) in [5.41, 5.74) is 0.